The first-order chi connectivity index (χ1) is 8.86. The number of nitrogens with zero attached hydrogens (tertiary/aromatic N) is 1. The SMILES string of the molecule is Nc1cn(Cc2cccc(C(F)(F)F)c2)ccc1=O. The molecule has 0 amide bonds. The van der Waals surface area contributed by atoms with Crippen molar-refractivity contribution in [1.82, 2.24) is 4.57 Å². The topological polar surface area (TPSA) is 48.0 Å². The van der Waals surface area contributed by atoms with E-state index in [1.807, 2.05) is 0 Å². The van der Waals surface area contributed by atoms with Gasteiger partial charge in [0.25, 0.3) is 0 Å². The second kappa shape index (κ2) is 4.79. The third-order valence-electron chi connectivity index (χ3n) is 2.63. The number of rotatable bonds is 2. The van der Waals surface area contributed by atoms with E-state index in [2.05, 4.69) is 0 Å². The fourth-order valence-electron chi connectivity index (χ4n) is 1.70. The summed E-state index contributed by atoms with van der Waals surface area (Å²) in [5.74, 6) is 0. The largest absolute Gasteiger partial charge is 0.416 e. The van der Waals surface area contributed by atoms with Crippen LogP contribution in [0.25, 0.3) is 0 Å². The number of hydrogen-bond donors (Lipinski definition) is 1. The summed E-state index contributed by atoms with van der Waals surface area (Å²) in [5, 5.41) is 0. The molecule has 2 N–H and O–H groups in total. The van der Waals surface area contributed by atoms with Crippen molar-refractivity contribution in [2.75, 3.05) is 5.73 Å². The molecule has 6 heteroatoms. The van der Waals surface area contributed by atoms with Crippen molar-refractivity contribution in [2.24, 2.45) is 0 Å². The average Bonchev–Trinajstić information content (AvgIpc) is 2.33. The van der Waals surface area contributed by atoms with Gasteiger partial charge in [-0.3, -0.25) is 4.79 Å². The van der Waals surface area contributed by atoms with Crippen LogP contribution in [0.4, 0.5) is 18.9 Å². The second-order valence-corrected chi connectivity index (χ2v) is 4.13. The molecule has 2 rings (SSSR count). The number of halogens is 3. The lowest BCUT2D eigenvalue weighted by atomic mass is 10.1. The third kappa shape index (κ3) is 3.15. The van der Waals surface area contributed by atoms with Gasteiger partial charge in [0.2, 0.25) is 5.43 Å². The normalized spacial score (nSPS) is 11.5. The van der Waals surface area contributed by atoms with Crippen LogP contribution < -0.4 is 11.2 Å². The van der Waals surface area contributed by atoms with E-state index in [-0.39, 0.29) is 17.7 Å². The Morgan fingerprint density at radius 3 is 2.58 bits per heavy atom. The summed E-state index contributed by atoms with van der Waals surface area (Å²) in [6.07, 6.45) is -1.47. The van der Waals surface area contributed by atoms with Gasteiger partial charge in [-0.25, -0.2) is 0 Å². The van der Waals surface area contributed by atoms with Crippen molar-refractivity contribution < 1.29 is 13.2 Å². The molecular formula is C13H11F3N2O. The monoisotopic (exact) mass is 268 g/mol. The zero-order chi connectivity index (χ0) is 14.0. The maximum absolute atomic E-state index is 12.6. The predicted molar refractivity (Wildman–Crippen MR) is 65.7 cm³/mol. The van der Waals surface area contributed by atoms with E-state index in [0.29, 0.717) is 5.56 Å². The number of aromatic nitrogens is 1. The van der Waals surface area contributed by atoms with Crippen LogP contribution >= 0.6 is 0 Å². The van der Waals surface area contributed by atoms with Crippen molar-refractivity contribution in [3.63, 3.8) is 0 Å². The molecule has 1 aromatic heterocycles. The molecule has 0 unspecified atom stereocenters. The van der Waals surface area contributed by atoms with E-state index in [4.69, 9.17) is 5.73 Å². The minimum atomic E-state index is -4.36. The van der Waals surface area contributed by atoms with Gasteiger partial charge in [-0.05, 0) is 17.7 Å². The zero-order valence-electron chi connectivity index (χ0n) is 9.82. The fraction of sp³-hybridized carbons (Fsp3) is 0.154. The summed E-state index contributed by atoms with van der Waals surface area (Å²) in [6.45, 7) is 0.217. The van der Waals surface area contributed by atoms with E-state index < -0.39 is 11.7 Å². The van der Waals surface area contributed by atoms with Gasteiger partial charge in [0, 0.05) is 25.0 Å². The van der Waals surface area contributed by atoms with Crippen molar-refractivity contribution in [3.05, 3.63) is 64.1 Å². The number of alkyl halides is 3. The Balaban J connectivity index is 2.28. The first-order valence-electron chi connectivity index (χ1n) is 5.48. The molecule has 3 nitrogen and oxygen atoms in total. The minimum Gasteiger partial charge on any atom is -0.394 e. The molecule has 0 atom stereocenters. The van der Waals surface area contributed by atoms with E-state index in [1.54, 1.807) is 10.6 Å². The second-order valence-electron chi connectivity index (χ2n) is 4.13. The molecule has 0 radical (unpaired) electrons. The maximum Gasteiger partial charge on any atom is 0.416 e. The summed E-state index contributed by atoms with van der Waals surface area (Å²) in [4.78, 5) is 11.1. The van der Waals surface area contributed by atoms with E-state index >= 15 is 0 Å². The first-order valence-corrected chi connectivity index (χ1v) is 5.48. The lowest BCUT2D eigenvalue weighted by Gasteiger charge is -2.10. The van der Waals surface area contributed by atoms with Crippen LogP contribution in [0.3, 0.4) is 0 Å². The molecule has 1 heterocycles. The third-order valence-corrected chi connectivity index (χ3v) is 2.63. The van der Waals surface area contributed by atoms with Gasteiger partial charge in [-0.2, -0.15) is 13.2 Å². The van der Waals surface area contributed by atoms with Crippen molar-refractivity contribution >= 4 is 5.69 Å². The molecule has 2 aromatic rings. The van der Waals surface area contributed by atoms with Gasteiger partial charge in [0.05, 0.1) is 11.3 Å². The molecule has 0 aliphatic carbocycles. The number of hydrogen-bond acceptors (Lipinski definition) is 2. The highest BCUT2D eigenvalue weighted by atomic mass is 19.4. The quantitative estimate of drug-likeness (QED) is 0.909. The van der Waals surface area contributed by atoms with Gasteiger partial charge in [-0.1, -0.05) is 12.1 Å². The van der Waals surface area contributed by atoms with Crippen LogP contribution in [0, 0.1) is 0 Å². The Labute approximate surface area is 107 Å². The molecule has 19 heavy (non-hydrogen) atoms. The number of pyridine rings is 1. The van der Waals surface area contributed by atoms with E-state index in [9.17, 15) is 18.0 Å². The molecule has 0 fully saturated rings. The maximum atomic E-state index is 12.6. The molecule has 0 aliphatic heterocycles. The van der Waals surface area contributed by atoms with Crippen LogP contribution in [-0.4, -0.2) is 4.57 Å². The van der Waals surface area contributed by atoms with Gasteiger partial charge in [0.15, 0.2) is 0 Å². The Kier molecular flexibility index (Phi) is 3.33. The molecule has 0 saturated heterocycles. The Morgan fingerprint density at radius 1 is 1.21 bits per heavy atom. The minimum absolute atomic E-state index is 0.0643. The molecule has 0 saturated carbocycles. The highest BCUT2D eigenvalue weighted by molar-refractivity contribution is 5.34. The number of benzene rings is 1. The van der Waals surface area contributed by atoms with Crippen molar-refractivity contribution in [1.29, 1.82) is 0 Å². The van der Waals surface area contributed by atoms with Crippen LogP contribution in [0.2, 0.25) is 0 Å². The Bertz CT molecular complexity index is 647. The summed E-state index contributed by atoms with van der Waals surface area (Å²) in [7, 11) is 0. The fourth-order valence-corrected chi connectivity index (χ4v) is 1.70. The van der Waals surface area contributed by atoms with Crippen molar-refractivity contribution in [3.8, 4) is 0 Å². The molecule has 0 aliphatic rings. The highest BCUT2D eigenvalue weighted by Gasteiger charge is 2.30. The van der Waals surface area contributed by atoms with Crippen molar-refractivity contribution in [2.45, 2.75) is 12.7 Å². The molecule has 0 spiro atoms. The molecular weight excluding hydrogens is 257 g/mol. The number of anilines is 1. The summed E-state index contributed by atoms with van der Waals surface area (Å²) in [5.41, 5.74) is 5.01. The van der Waals surface area contributed by atoms with Crippen LogP contribution in [0.1, 0.15) is 11.1 Å². The Hall–Kier alpha value is -2.24. The lowest BCUT2D eigenvalue weighted by molar-refractivity contribution is -0.137. The van der Waals surface area contributed by atoms with Gasteiger partial charge < -0.3 is 10.3 Å². The molecule has 1 aromatic carbocycles. The molecule has 0 bridgehead atoms. The lowest BCUT2D eigenvalue weighted by Crippen LogP contribution is -2.12. The number of nitrogen functional groups attached to an aromatic ring is 1. The van der Waals surface area contributed by atoms with Crippen LogP contribution in [-0.2, 0) is 12.7 Å². The number of nitrogens with two attached hydrogens (primary N) is 1. The zero-order valence-corrected chi connectivity index (χ0v) is 9.82. The van der Waals surface area contributed by atoms with Gasteiger partial charge in [-0.15, -0.1) is 0 Å². The highest BCUT2D eigenvalue weighted by Crippen LogP contribution is 2.29. The summed E-state index contributed by atoms with van der Waals surface area (Å²) < 4.78 is 39.2. The first kappa shape index (κ1) is 13.2. The average molecular weight is 268 g/mol. The van der Waals surface area contributed by atoms with Gasteiger partial charge >= 0.3 is 6.18 Å². The predicted octanol–water partition coefficient (Wildman–Crippen LogP) is 2.50. The van der Waals surface area contributed by atoms with E-state index in [0.717, 1.165) is 12.1 Å². The Morgan fingerprint density at radius 2 is 1.95 bits per heavy atom. The van der Waals surface area contributed by atoms with Crippen LogP contribution in [0.5, 0.6) is 0 Å². The van der Waals surface area contributed by atoms with E-state index in [1.165, 1.54) is 24.5 Å². The summed E-state index contributed by atoms with van der Waals surface area (Å²) >= 11 is 0. The smallest absolute Gasteiger partial charge is 0.394 e. The van der Waals surface area contributed by atoms with Crippen LogP contribution in [0.15, 0.2) is 47.5 Å². The molecule has 100 valence electrons. The standard InChI is InChI=1S/C13H11F3N2O/c14-13(15,16)10-3-1-2-9(6-10)7-18-5-4-12(19)11(17)8-18/h1-6,8H,7,17H2. The van der Waals surface area contributed by atoms with Gasteiger partial charge in [0.1, 0.15) is 0 Å². The summed E-state index contributed by atoms with van der Waals surface area (Å²) in [6, 6.07) is 6.31.